The summed E-state index contributed by atoms with van der Waals surface area (Å²) in [6.07, 6.45) is 0. The molecule has 1 aromatic carbocycles. The van der Waals surface area contributed by atoms with Crippen molar-refractivity contribution in [2.75, 3.05) is 5.32 Å². The van der Waals surface area contributed by atoms with E-state index in [-0.39, 0.29) is 18.3 Å². The fourth-order valence-electron chi connectivity index (χ4n) is 1.81. The number of benzene rings is 1. The predicted octanol–water partition coefficient (Wildman–Crippen LogP) is 2.81. The van der Waals surface area contributed by atoms with Gasteiger partial charge in [-0.15, -0.1) is 16.4 Å². The van der Waals surface area contributed by atoms with Crippen LogP contribution in [0.4, 0.5) is 5.69 Å². The van der Waals surface area contributed by atoms with Crippen molar-refractivity contribution in [3.8, 4) is 10.8 Å². The van der Waals surface area contributed by atoms with Gasteiger partial charge in [0.05, 0.1) is 4.88 Å². The van der Waals surface area contributed by atoms with E-state index in [9.17, 15) is 9.59 Å². The van der Waals surface area contributed by atoms with Gasteiger partial charge in [0.2, 0.25) is 5.91 Å². The fourth-order valence-corrected chi connectivity index (χ4v) is 3.00. The predicted molar refractivity (Wildman–Crippen MR) is 91.9 cm³/mol. The quantitative estimate of drug-likeness (QED) is 0.650. The van der Waals surface area contributed by atoms with E-state index in [0.717, 1.165) is 13.1 Å². The summed E-state index contributed by atoms with van der Waals surface area (Å²) < 4.78 is 7.08. The van der Waals surface area contributed by atoms with Gasteiger partial charge >= 0.3 is 5.76 Å². The molecule has 0 fully saturated rings. The molecule has 0 unspecified atom stereocenters. The zero-order valence-corrected chi connectivity index (χ0v) is 14.1. The van der Waals surface area contributed by atoms with Crippen molar-refractivity contribution in [2.24, 2.45) is 0 Å². The van der Waals surface area contributed by atoms with Crippen LogP contribution in [0.5, 0.6) is 0 Å². The highest BCUT2D eigenvalue weighted by atomic mass is 127. The van der Waals surface area contributed by atoms with Crippen LogP contribution in [0.15, 0.2) is 51.0 Å². The van der Waals surface area contributed by atoms with Crippen LogP contribution in [-0.4, -0.2) is 15.7 Å². The van der Waals surface area contributed by atoms with Crippen LogP contribution in [0.2, 0.25) is 0 Å². The monoisotopic (exact) mass is 427 g/mol. The summed E-state index contributed by atoms with van der Waals surface area (Å²) >= 11 is 3.57. The Hall–Kier alpha value is -1.94. The lowest BCUT2D eigenvalue weighted by molar-refractivity contribution is -0.117. The van der Waals surface area contributed by atoms with Gasteiger partial charge in [0.25, 0.3) is 5.89 Å². The number of thiophene rings is 1. The van der Waals surface area contributed by atoms with E-state index in [4.69, 9.17) is 4.42 Å². The van der Waals surface area contributed by atoms with Crippen LogP contribution in [0.3, 0.4) is 0 Å². The number of hydrogen-bond acceptors (Lipinski definition) is 5. The molecular formula is C14H10IN3O3S. The van der Waals surface area contributed by atoms with Gasteiger partial charge in [0.1, 0.15) is 6.54 Å². The number of hydrogen-bond donors (Lipinski definition) is 1. The van der Waals surface area contributed by atoms with Crippen LogP contribution < -0.4 is 11.1 Å². The third-order valence-electron chi connectivity index (χ3n) is 2.74. The third kappa shape index (κ3) is 3.45. The number of aromatic nitrogens is 2. The van der Waals surface area contributed by atoms with E-state index in [1.165, 1.54) is 11.3 Å². The molecule has 2 heterocycles. The molecule has 8 heteroatoms. The summed E-state index contributed by atoms with van der Waals surface area (Å²) in [6.45, 7) is -0.195. The first kappa shape index (κ1) is 15.0. The zero-order chi connectivity index (χ0) is 15.5. The topological polar surface area (TPSA) is 77.1 Å². The Labute approximate surface area is 142 Å². The summed E-state index contributed by atoms with van der Waals surface area (Å²) in [5.74, 6) is -0.765. The molecule has 0 spiro atoms. The van der Waals surface area contributed by atoms with Gasteiger partial charge in [-0.2, -0.15) is 4.68 Å². The molecule has 0 saturated heterocycles. The van der Waals surface area contributed by atoms with Gasteiger partial charge in [-0.05, 0) is 52.2 Å². The summed E-state index contributed by atoms with van der Waals surface area (Å²) in [5, 5.41) is 8.62. The molecule has 0 radical (unpaired) electrons. The molecule has 0 aliphatic rings. The largest absolute Gasteiger partial charge is 0.437 e. The van der Waals surface area contributed by atoms with Crippen LogP contribution >= 0.6 is 33.9 Å². The number of carbonyl (C=O) groups is 1. The van der Waals surface area contributed by atoms with Crippen molar-refractivity contribution in [3.63, 3.8) is 0 Å². The molecule has 0 saturated carbocycles. The molecule has 112 valence electrons. The number of anilines is 1. The minimum absolute atomic E-state index is 0.195. The first-order valence-electron chi connectivity index (χ1n) is 6.29. The van der Waals surface area contributed by atoms with Crippen molar-refractivity contribution < 1.29 is 9.21 Å². The number of halogens is 1. The second kappa shape index (κ2) is 6.44. The highest BCUT2D eigenvalue weighted by Gasteiger charge is 2.13. The van der Waals surface area contributed by atoms with Gasteiger partial charge in [-0.25, -0.2) is 4.79 Å². The average molecular weight is 427 g/mol. The van der Waals surface area contributed by atoms with Crippen molar-refractivity contribution in [1.29, 1.82) is 0 Å². The van der Waals surface area contributed by atoms with Gasteiger partial charge in [-0.3, -0.25) is 4.79 Å². The Morgan fingerprint density at radius 2 is 2.23 bits per heavy atom. The Morgan fingerprint density at radius 3 is 2.95 bits per heavy atom. The van der Waals surface area contributed by atoms with Crippen LogP contribution in [-0.2, 0) is 11.3 Å². The highest BCUT2D eigenvalue weighted by Crippen LogP contribution is 2.21. The Morgan fingerprint density at radius 1 is 1.36 bits per heavy atom. The van der Waals surface area contributed by atoms with Gasteiger partial charge in [0, 0.05) is 9.26 Å². The molecule has 6 nitrogen and oxygen atoms in total. The standard InChI is InChI=1S/C14H10IN3O3S/c15-9-3-1-4-10(7-9)16-12(19)8-18-14(20)21-13(17-18)11-5-2-6-22-11/h1-7H,8H2,(H,16,19). The Balaban J connectivity index is 1.73. The molecular weight excluding hydrogens is 417 g/mol. The lowest BCUT2D eigenvalue weighted by Gasteiger charge is -2.04. The fraction of sp³-hybridized carbons (Fsp3) is 0.0714. The first-order chi connectivity index (χ1) is 10.6. The number of rotatable bonds is 4. The SMILES string of the molecule is O=C(Cn1nc(-c2cccs2)oc1=O)Nc1cccc(I)c1. The molecule has 3 aromatic rings. The molecule has 2 aromatic heterocycles. The third-order valence-corrected chi connectivity index (χ3v) is 4.27. The minimum Gasteiger partial charge on any atom is -0.387 e. The van der Waals surface area contributed by atoms with Crippen molar-refractivity contribution >= 4 is 45.5 Å². The normalized spacial score (nSPS) is 10.6. The van der Waals surface area contributed by atoms with E-state index in [2.05, 4.69) is 33.0 Å². The van der Waals surface area contributed by atoms with E-state index >= 15 is 0 Å². The molecule has 0 aliphatic carbocycles. The molecule has 0 atom stereocenters. The summed E-state index contributed by atoms with van der Waals surface area (Å²) in [5.41, 5.74) is 0.673. The van der Waals surface area contributed by atoms with Crippen molar-refractivity contribution in [1.82, 2.24) is 9.78 Å². The summed E-state index contributed by atoms with van der Waals surface area (Å²) in [4.78, 5) is 24.5. The molecule has 22 heavy (non-hydrogen) atoms. The van der Waals surface area contributed by atoms with Crippen molar-refractivity contribution in [2.45, 2.75) is 6.54 Å². The van der Waals surface area contributed by atoms with Crippen LogP contribution in [0, 0.1) is 3.57 Å². The molecule has 0 aliphatic heterocycles. The molecule has 0 bridgehead atoms. The second-order valence-electron chi connectivity index (χ2n) is 4.37. The highest BCUT2D eigenvalue weighted by molar-refractivity contribution is 14.1. The van der Waals surface area contributed by atoms with Gasteiger partial charge in [-0.1, -0.05) is 12.1 Å². The van der Waals surface area contributed by atoms with Crippen LogP contribution in [0.25, 0.3) is 10.8 Å². The van der Waals surface area contributed by atoms with E-state index in [1.54, 1.807) is 12.1 Å². The average Bonchev–Trinajstić information content (AvgIpc) is 3.09. The van der Waals surface area contributed by atoms with E-state index in [0.29, 0.717) is 5.69 Å². The molecule has 3 rings (SSSR count). The van der Waals surface area contributed by atoms with Gasteiger partial charge < -0.3 is 9.73 Å². The first-order valence-corrected chi connectivity index (χ1v) is 8.25. The van der Waals surface area contributed by atoms with Crippen LogP contribution in [0.1, 0.15) is 0 Å². The number of amides is 1. The smallest absolute Gasteiger partial charge is 0.387 e. The lowest BCUT2D eigenvalue weighted by Crippen LogP contribution is -2.25. The number of nitrogens with one attached hydrogen (secondary N) is 1. The maximum Gasteiger partial charge on any atom is 0.437 e. The Kier molecular flexibility index (Phi) is 4.39. The van der Waals surface area contributed by atoms with Crippen molar-refractivity contribution in [3.05, 3.63) is 55.9 Å². The summed E-state index contributed by atoms with van der Waals surface area (Å²) in [7, 11) is 0. The summed E-state index contributed by atoms with van der Waals surface area (Å²) in [6, 6.07) is 11.0. The Bertz CT molecular complexity index is 854. The molecule has 1 amide bonds. The maximum absolute atomic E-state index is 12.0. The number of carbonyl (C=O) groups excluding carboxylic acids is 1. The van der Waals surface area contributed by atoms with E-state index in [1.807, 2.05) is 29.6 Å². The lowest BCUT2D eigenvalue weighted by atomic mass is 10.3. The van der Waals surface area contributed by atoms with E-state index < -0.39 is 5.76 Å². The second-order valence-corrected chi connectivity index (χ2v) is 6.56. The minimum atomic E-state index is -0.652. The zero-order valence-electron chi connectivity index (χ0n) is 11.2. The number of nitrogens with zero attached hydrogens (tertiary/aromatic N) is 2. The molecule has 1 N–H and O–H groups in total. The maximum atomic E-state index is 12.0. The van der Waals surface area contributed by atoms with Gasteiger partial charge in [0.15, 0.2) is 0 Å².